The van der Waals surface area contributed by atoms with Crippen LogP contribution in [0.5, 0.6) is 0 Å². The van der Waals surface area contributed by atoms with Crippen molar-refractivity contribution in [2.45, 2.75) is 0 Å². The highest BCUT2D eigenvalue weighted by molar-refractivity contribution is 8.02. The molecule has 6 heteroatoms. The molecule has 0 saturated carbocycles. The zero-order valence-electron chi connectivity index (χ0n) is 4.10. The fraction of sp³-hybridized carbons (Fsp3) is 0.500. The second-order valence-electron chi connectivity index (χ2n) is 0.908. The highest BCUT2D eigenvalue weighted by Crippen LogP contribution is 1.90. The third-order valence-corrected chi connectivity index (χ3v) is 1.10. The van der Waals surface area contributed by atoms with Crippen molar-refractivity contribution in [2.75, 3.05) is 6.26 Å². The van der Waals surface area contributed by atoms with E-state index in [1.165, 1.54) is 0 Å². The summed E-state index contributed by atoms with van der Waals surface area (Å²) in [5.41, 5.74) is 0.484. The van der Waals surface area contributed by atoms with Gasteiger partial charge in [-0.25, -0.2) is 4.40 Å². The van der Waals surface area contributed by atoms with Crippen LogP contribution in [0.1, 0.15) is 0 Å². The molecule has 0 unspecified atom stereocenters. The molecule has 0 radical (unpaired) electrons. The Kier molecular flexibility index (Phi) is 3.03. The van der Waals surface area contributed by atoms with E-state index in [0.29, 0.717) is 5.55 Å². The number of hydrogen-bond donors (Lipinski definition) is 1. The molecule has 0 spiro atoms. The molecule has 0 aromatic heterocycles. The van der Waals surface area contributed by atoms with E-state index < -0.39 is 10.1 Å². The van der Waals surface area contributed by atoms with Crippen LogP contribution >= 0.6 is 11.9 Å². The summed E-state index contributed by atoms with van der Waals surface area (Å²) < 4.78 is 30.7. The van der Waals surface area contributed by atoms with Gasteiger partial charge in [-0.2, -0.15) is 8.42 Å². The van der Waals surface area contributed by atoms with Gasteiger partial charge in [0.25, 0.3) is 0 Å². The molecule has 0 aliphatic heterocycles. The molecule has 0 rings (SSSR count). The molecule has 0 heterocycles. The Bertz CT molecular complexity index is 170. The summed E-state index contributed by atoms with van der Waals surface area (Å²) in [7, 11) is -4.00. The monoisotopic (exact) mass is 155 g/mol. The molecule has 1 N–H and O–H groups in total. The quantitative estimate of drug-likeness (QED) is 0.267. The van der Waals surface area contributed by atoms with Crippen LogP contribution in [-0.2, 0) is 10.1 Å². The predicted octanol–water partition coefficient (Wildman–Crippen LogP) is 0.181. The van der Waals surface area contributed by atoms with Crippen molar-refractivity contribution in [3.63, 3.8) is 0 Å². The Hall–Kier alpha value is -0.0700. The number of hydrogen-bond acceptors (Lipinski definition) is 4. The fourth-order valence-corrected chi connectivity index (χ4v) is 0.877. The second kappa shape index (κ2) is 3.06. The Balaban J connectivity index is 3.92. The third-order valence-electron chi connectivity index (χ3n) is 0.282. The van der Waals surface area contributed by atoms with Crippen LogP contribution in [0.3, 0.4) is 0 Å². The predicted molar refractivity (Wildman–Crippen MR) is 33.6 cm³/mol. The molecule has 0 aliphatic rings. The zero-order valence-corrected chi connectivity index (χ0v) is 5.74. The SMILES string of the molecule is CSN=CS(=O)(=O)O. The van der Waals surface area contributed by atoms with Gasteiger partial charge < -0.3 is 0 Å². The lowest BCUT2D eigenvalue weighted by Gasteiger charge is -1.78. The van der Waals surface area contributed by atoms with Crippen molar-refractivity contribution < 1.29 is 13.0 Å². The van der Waals surface area contributed by atoms with E-state index >= 15 is 0 Å². The van der Waals surface area contributed by atoms with Gasteiger partial charge >= 0.3 is 10.1 Å². The Labute approximate surface area is 51.9 Å². The van der Waals surface area contributed by atoms with Gasteiger partial charge in [-0.05, 0) is 11.9 Å². The maximum atomic E-state index is 9.78. The molecule has 0 saturated heterocycles. The summed E-state index contributed by atoms with van der Waals surface area (Å²) in [6.07, 6.45) is 1.58. The first-order chi connectivity index (χ1) is 3.56. The van der Waals surface area contributed by atoms with Crippen molar-refractivity contribution in [2.24, 2.45) is 4.40 Å². The first kappa shape index (κ1) is 7.93. The third kappa shape index (κ3) is 5.93. The van der Waals surface area contributed by atoms with Crippen LogP contribution in [0.15, 0.2) is 4.40 Å². The van der Waals surface area contributed by atoms with Crippen LogP contribution in [0.2, 0.25) is 0 Å². The molecule has 0 aromatic carbocycles. The summed E-state index contributed by atoms with van der Waals surface area (Å²) in [5, 5.41) is 0. The summed E-state index contributed by atoms with van der Waals surface area (Å²) in [6, 6.07) is 0. The minimum absolute atomic E-state index is 0.484. The summed E-state index contributed by atoms with van der Waals surface area (Å²) in [4.78, 5) is 0. The lowest BCUT2D eigenvalue weighted by atomic mass is 11.7. The average Bonchev–Trinajstić information content (AvgIpc) is 1.59. The minimum Gasteiger partial charge on any atom is -0.281 e. The first-order valence-electron chi connectivity index (χ1n) is 1.60. The topological polar surface area (TPSA) is 66.7 Å². The summed E-state index contributed by atoms with van der Waals surface area (Å²) in [6.45, 7) is 0. The van der Waals surface area contributed by atoms with E-state index in [-0.39, 0.29) is 0 Å². The van der Waals surface area contributed by atoms with Crippen molar-refractivity contribution in [1.82, 2.24) is 0 Å². The average molecular weight is 155 g/mol. The Morgan fingerprint density at radius 2 is 2.25 bits per heavy atom. The lowest BCUT2D eigenvalue weighted by Crippen LogP contribution is -1.95. The van der Waals surface area contributed by atoms with Crippen LogP contribution < -0.4 is 0 Å². The van der Waals surface area contributed by atoms with E-state index in [4.69, 9.17) is 4.55 Å². The lowest BCUT2D eigenvalue weighted by molar-refractivity contribution is 0.499. The first-order valence-corrected chi connectivity index (χ1v) is 4.29. The van der Waals surface area contributed by atoms with Crippen LogP contribution in [0.25, 0.3) is 0 Å². The summed E-state index contributed by atoms with van der Waals surface area (Å²) in [5.74, 6) is 0. The van der Waals surface area contributed by atoms with E-state index in [2.05, 4.69) is 4.40 Å². The van der Waals surface area contributed by atoms with Gasteiger partial charge in [-0.1, -0.05) is 0 Å². The smallest absolute Gasteiger partial charge is 0.281 e. The highest BCUT2D eigenvalue weighted by atomic mass is 32.2. The maximum Gasteiger partial charge on any atom is 0.305 e. The molecule has 0 fully saturated rings. The van der Waals surface area contributed by atoms with Gasteiger partial charge in [-0.15, -0.1) is 0 Å². The molecule has 0 amide bonds. The molecule has 0 bridgehead atoms. The molecule has 48 valence electrons. The second-order valence-corrected chi connectivity index (χ2v) is 2.73. The normalized spacial score (nSPS) is 12.8. The van der Waals surface area contributed by atoms with Crippen molar-refractivity contribution in [1.29, 1.82) is 0 Å². The molecule has 0 aliphatic carbocycles. The van der Waals surface area contributed by atoms with Gasteiger partial charge in [0.1, 0.15) is 0 Å². The molecular weight excluding hydrogens is 150 g/mol. The van der Waals surface area contributed by atoms with Crippen LogP contribution in [-0.4, -0.2) is 24.8 Å². The van der Waals surface area contributed by atoms with E-state index in [1.807, 2.05) is 0 Å². The largest absolute Gasteiger partial charge is 0.305 e. The van der Waals surface area contributed by atoms with Gasteiger partial charge in [0.2, 0.25) is 0 Å². The van der Waals surface area contributed by atoms with E-state index in [0.717, 1.165) is 11.9 Å². The standard InChI is InChI=1S/C2H5NO3S2/c1-7-3-2-8(4,5)6/h2H,1H3,(H,4,5,6). The summed E-state index contributed by atoms with van der Waals surface area (Å²) >= 11 is 0.959. The maximum absolute atomic E-state index is 9.78. The van der Waals surface area contributed by atoms with Gasteiger partial charge in [0.15, 0.2) is 5.55 Å². The van der Waals surface area contributed by atoms with Gasteiger partial charge in [-0.3, -0.25) is 4.55 Å². The Morgan fingerprint density at radius 3 is 2.38 bits per heavy atom. The van der Waals surface area contributed by atoms with Crippen molar-refractivity contribution in [3.05, 3.63) is 0 Å². The van der Waals surface area contributed by atoms with E-state index in [1.54, 1.807) is 6.26 Å². The molecule has 8 heavy (non-hydrogen) atoms. The highest BCUT2D eigenvalue weighted by Gasteiger charge is 1.93. The van der Waals surface area contributed by atoms with Gasteiger partial charge in [0.05, 0.1) is 0 Å². The van der Waals surface area contributed by atoms with Gasteiger partial charge in [0, 0.05) is 6.26 Å². The van der Waals surface area contributed by atoms with E-state index in [9.17, 15) is 8.42 Å². The number of rotatable bonds is 2. The molecule has 0 aromatic rings. The molecule has 0 atom stereocenters. The van der Waals surface area contributed by atoms with Crippen molar-refractivity contribution in [3.8, 4) is 0 Å². The zero-order chi connectivity index (χ0) is 6.62. The Morgan fingerprint density at radius 1 is 1.75 bits per heavy atom. The molecule has 4 nitrogen and oxygen atoms in total. The fourth-order valence-electron chi connectivity index (χ4n) is 0.0974. The van der Waals surface area contributed by atoms with Crippen LogP contribution in [0, 0.1) is 0 Å². The molecular formula is C2H5NO3S2. The van der Waals surface area contributed by atoms with Crippen LogP contribution in [0.4, 0.5) is 0 Å². The number of nitrogens with zero attached hydrogens (tertiary/aromatic N) is 1. The minimum atomic E-state index is -4.00. The van der Waals surface area contributed by atoms with Crippen molar-refractivity contribution >= 4 is 27.6 Å².